The highest BCUT2D eigenvalue weighted by Crippen LogP contribution is 2.14. The van der Waals surface area contributed by atoms with Gasteiger partial charge in [-0.1, -0.05) is 23.7 Å². The minimum atomic E-state index is -0.0150. The van der Waals surface area contributed by atoms with E-state index in [1.54, 1.807) is 24.5 Å². The van der Waals surface area contributed by atoms with Crippen molar-refractivity contribution in [3.8, 4) is 11.3 Å². The normalized spacial score (nSPS) is 10.5. The summed E-state index contributed by atoms with van der Waals surface area (Å²) >= 11 is 5.83. The second-order valence-corrected chi connectivity index (χ2v) is 5.79. The molecule has 0 aliphatic heterocycles. The van der Waals surface area contributed by atoms with Crippen molar-refractivity contribution >= 4 is 17.5 Å². The molecule has 0 radical (unpaired) electrons. The van der Waals surface area contributed by atoms with Crippen LogP contribution in [0.5, 0.6) is 0 Å². The number of nitrogens with zero attached hydrogens (tertiary/aromatic N) is 3. The molecule has 0 unspecified atom stereocenters. The third-order valence-electron chi connectivity index (χ3n) is 3.56. The number of carbonyl (C=O) groups is 1. The average Bonchev–Trinajstić information content (AvgIpc) is 3.07. The van der Waals surface area contributed by atoms with Gasteiger partial charge >= 0.3 is 0 Å². The molecule has 1 N–H and O–H groups in total. The van der Waals surface area contributed by atoms with Crippen LogP contribution in [0.1, 0.15) is 5.56 Å². The predicted molar refractivity (Wildman–Crippen MR) is 93.6 cm³/mol. The van der Waals surface area contributed by atoms with E-state index in [0.717, 1.165) is 16.8 Å². The van der Waals surface area contributed by atoms with Gasteiger partial charge < -0.3 is 5.32 Å². The first-order valence-corrected chi connectivity index (χ1v) is 8.03. The van der Waals surface area contributed by atoms with E-state index in [2.05, 4.69) is 15.4 Å². The van der Waals surface area contributed by atoms with Gasteiger partial charge in [0.05, 0.1) is 18.7 Å². The summed E-state index contributed by atoms with van der Waals surface area (Å²) in [5.41, 5.74) is 2.86. The molecule has 24 heavy (non-hydrogen) atoms. The average molecular weight is 341 g/mol. The maximum absolute atomic E-state index is 11.9. The minimum absolute atomic E-state index is 0.0150. The fourth-order valence-corrected chi connectivity index (χ4v) is 2.45. The van der Waals surface area contributed by atoms with E-state index < -0.39 is 0 Å². The van der Waals surface area contributed by atoms with Gasteiger partial charge in [0.15, 0.2) is 0 Å². The summed E-state index contributed by atoms with van der Waals surface area (Å²) in [5, 5.41) is 8.06. The second kappa shape index (κ2) is 7.75. The Morgan fingerprint density at radius 3 is 2.58 bits per heavy atom. The zero-order chi connectivity index (χ0) is 16.8. The Balaban J connectivity index is 1.47. The van der Waals surface area contributed by atoms with E-state index in [0.29, 0.717) is 24.5 Å². The van der Waals surface area contributed by atoms with Gasteiger partial charge in [0.2, 0.25) is 5.91 Å². The summed E-state index contributed by atoms with van der Waals surface area (Å²) in [6, 6.07) is 13.1. The van der Waals surface area contributed by atoms with Crippen molar-refractivity contribution < 1.29 is 4.79 Å². The predicted octanol–water partition coefficient (Wildman–Crippen LogP) is 2.96. The third-order valence-corrected chi connectivity index (χ3v) is 3.81. The molecule has 5 nitrogen and oxygen atoms in total. The molecule has 0 saturated heterocycles. The van der Waals surface area contributed by atoms with E-state index in [1.807, 2.05) is 41.2 Å². The molecule has 0 aliphatic carbocycles. The quantitative estimate of drug-likeness (QED) is 0.750. The first-order valence-electron chi connectivity index (χ1n) is 7.66. The summed E-state index contributed by atoms with van der Waals surface area (Å²) in [5.74, 6) is -0.0150. The van der Waals surface area contributed by atoms with Gasteiger partial charge in [-0.05, 0) is 35.9 Å². The molecule has 0 bridgehead atoms. The van der Waals surface area contributed by atoms with Crippen LogP contribution in [-0.2, 0) is 17.8 Å². The lowest BCUT2D eigenvalue weighted by Gasteiger charge is -2.06. The Bertz CT molecular complexity index is 799. The Morgan fingerprint density at radius 2 is 1.83 bits per heavy atom. The van der Waals surface area contributed by atoms with Crippen LogP contribution in [0.15, 0.2) is 61.1 Å². The number of amides is 1. The van der Waals surface area contributed by atoms with Crippen LogP contribution in [0, 0.1) is 0 Å². The smallest absolute Gasteiger partial charge is 0.224 e. The molecule has 0 saturated carbocycles. The summed E-state index contributed by atoms with van der Waals surface area (Å²) in [4.78, 5) is 15.9. The lowest BCUT2D eigenvalue weighted by Crippen LogP contribution is -2.28. The van der Waals surface area contributed by atoms with Gasteiger partial charge in [0, 0.05) is 35.7 Å². The molecular weight excluding hydrogens is 324 g/mol. The summed E-state index contributed by atoms with van der Waals surface area (Å²) in [7, 11) is 0. The van der Waals surface area contributed by atoms with Crippen LogP contribution < -0.4 is 5.32 Å². The molecule has 122 valence electrons. The van der Waals surface area contributed by atoms with Crippen molar-refractivity contribution in [3.05, 3.63) is 71.6 Å². The molecule has 3 rings (SSSR count). The van der Waals surface area contributed by atoms with Crippen LogP contribution in [0.4, 0.5) is 0 Å². The van der Waals surface area contributed by atoms with Gasteiger partial charge in [-0.25, -0.2) is 0 Å². The SMILES string of the molecule is O=C(Cc1ccc(Cl)cc1)NCCn1ccc(-c2ccncc2)n1. The van der Waals surface area contributed by atoms with Crippen molar-refractivity contribution in [2.75, 3.05) is 6.54 Å². The van der Waals surface area contributed by atoms with Crippen LogP contribution in [0.2, 0.25) is 5.02 Å². The van der Waals surface area contributed by atoms with Crippen molar-refractivity contribution in [2.24, 2.45) is 0 Å². The molecule has 1 aromatic carbocycles. The largest absolute Gasteiger partial charge is 0.354 e. The Labute approximate surface area is 145 Å². The highest BCUT2D eigenvalue weighted by molar-refractivity contribution is 6.30. The van der Waals surface area contributed by atoms with Crippen molar-refractivity contribution in [1.29, 1.82) is 0 Å². The van der Waals surface area contributed by atoms with Crippen LogP contribution in [-0.4, -0.2) is 27.2 Å². The molecule has 0 spiro atoms. The number of benzene rings is 1. The first-order chi connectivity index (χ1) is 11.7. The number of pyridine rings is 1. The molecule has 3 aromatic rings. The van der Waals surface area contributed by atoms with Crippen molar-refractivity contribution in [3.63, 3.8) is 0 Å². The van der Waals surface area contributed by atoms with E-state index in [-0.39, 0.29) is 5.91 Å². The zero-order valence-electron chi connectivity index (χ0n) is 13.0. The molecule has 0 aliphatic rings. The lowest BCUT2D eigenvalue weighted by molar-refractivity contribution is -0.120. The number of hydrogen-bond donors (Lipinski definition) is 1. The van der Waals surface area contributed by atoms with Crippen LogP contribution in [0.3, 0.4) is 0 Å². The highest BCUT2D eigenvalue weighted by atomic mass is 35.5. The Morgan fingerprint density at radius 1 is 1.08 bits per heavy atom. The van der Waals surface area contributed by atoms with Gasteiger partial charge in [-0.15, -0.1) is 0 Å². The van der Waals surface area contributed by atoms with Crippen LogP contribution in [0.25, 0.3) is 11.3 Å². The van der Waals surface area contributed by atoms with Gasteiger partial charge in [-0.3, -0.25) is 14.5 Å². The number of halogens is 1. The first kappa shape index (κ1) is 16.2. The fourth-order valence-electron chi connectivity index (χ4n) is 2.32. The van der Waals surface area contributed by atoms with E-state index in [9.17, 15) is 4.79 Å². The van der Waals surface area contributed by atoms with Crippen LogP contribution >= 0.6 is 11.6 Å². The van der Waals surface area contributed by atoms with Gasteiger partial charge in [-0.2, -0.15) is 5.10 Å². The molecule has 2 aromatic heterocycles. The highest BCUT2D eigenvalue weighted by Gasteiger charge is 2.04. The Hall–Kier alpha value is -2.66. The Kier molecular flexibility index (Phi) is 5.23. The minimum Gasteiger partial charge on any atom is -0.354 e. The molecule has 0 atom stereocenters. The molecular formula is C18H17ClN4O. The second-order valence-electron chi connectivity index (χ2n) is 5.35. The summed E-state index contributed by atoms with van der Waals surface area (Å²) in [6.45, 7) is 1.15. The third kappa shape index (κ3) is 4.43. The molecule has 6 heteroatoms. The topological polar surface area (TPSA) is 59.8 Å². The number of carbonyl (C=O) groups excluding carboxylic acids is 1. The fraction of sp³-hybridized carbons (Fsp3) is 0.167. The number of nitrogens with one attached hydrogen (secondary N) is 1. The number of aromatic nitrogens is 3. The standard InChI is InChI=1S/C18H17ClN4O/c19-16-3-1-14(2-4-16)13-18(24)21-10-12-23-11-7-17(22-23)15-5-8-20-9-6-15/h1-9,11H,10,12-13H2,(H,21,24). The summed E-state index contributed by atoms with van der Waals surface area (Å²) < 4.78 is 1.82. The van der Waals surface area contributed by atoms with Gasteiger partial charge in [0.25, 0.3) is 0 Å². The zero-order valence-corrected chi connectivity index (χ0v) is 13.8. The van der Waals surface area contributed by atoms with Crippen molar-refractivity contribution in [1.82, 2.24) is 20.1 Å². The summed E-state index contributed by atoms with van der Waals surface area (Å²) in [6.07, 6.45) is 5.73. The molecule has 0 fully saturated rings. The van der Waals surface area contributed by atoms with Crippen molar-refractivity contribution in [2.45, 2.75) is 13.0 Å². The maximum atomic E-state index is 11.9. The molecule has 2 heterocycles. The van der Waals surface area contributed by atoms with E-state index in [4.69, 9.17) is 11.6 Å². The number of rotatable bonds is 6. The molecule has 1 amide bonds. The number of hydrogen-bond acceptors (Lipinski definition) is 3. The monoisotopic (exact) mass is 340 g/mol. The maximum Gasteiger partial charge on any atom is 0.224 e. The van der Waals surface area contributed by atoms with Gasteiger partial charge in [0.1, 0.15) is 0 Å². The van der Waals surface area contributed by atoms with E-state index >= 15 is 0 Å². The lowest BCUT2D eigenvalue weighted by atomic mass is 10.1. The van der Waals surface area contributed by atoms with E-state index in [1.165, 1.54) is 0 Å².